The van der Waals surface area contributed by atoms with Crippen LogP contribution in [0.15, 0.2) is 30.5 Å². The number of aromatic nitrogens is 2. The van der Waals surface area contributed by atoms with Gasteiger partial charge >= 0.3 is 5.97 Å². The molecule has 0 aliphatic carbocycles. The summed E-state index contributed by atoms with van der Waals surface area (Å²) >= 11 is 0. The fourth-order valence-corrected chi connectivity index (χ4v) is 3.51. The summed E-state index contributed by atoms with van der Waals surface area (Å²) in [4.78, 5) is 26.1. The van der Waals surface area contributed by atoms with Crippen LogP contribution in [0.1, 0.15) is 57.7 Å². The third-order valence-corrected chi connectivity index (χ3v) is 4.88. The molecule has 0 bridgehead atoms. The molecule has 0 spiro atoms. The molecule has 1 aliphatic rings. The number of amides is 1. The first-order valence-electron chi connectivity index (χ1n) is 8.66. The molecule has 2 heterocycles. The van der Waals surface area contributed by atoms with E-state index in [0.29, 0.717) is 24.2 Å². The van der Waals surface area contributed by atoms with Gasteiger partial charge in [-0.15, -0.1) is 0 Å². The number of aromatic carboxylic acids is 1. The molecule has 1 unspecified atom stereocenters. The van der Waals surface area contributed by atoms with Gasteiger partial charge in [-0.2, -0.15) is 5.10 Å². The van der Waals surface area contributed by atoms with Crippen LogP contribution in [-0.4, -0.2) is 44.8 Å². The predicted molar refractivity (Wildman–Crippen MR) is 93.9 cm³/mol. The molecule has 132 valence electrons. The molecule has 1 aromatic carbocycles. The number of hydrogen-bond donors (Lipinski definition) is 1. The highest BCUT2D eigenvalue weighted by Gasteiger charge is 2.31. The van der Waals surface area contributed by atoms with E-state index in [1.165, 1.54) is 0 Å². The largest absolute Gasteiger partial charge is 0.478 e. The highest BCUT2D eigenvalue weighted by atomic mass is 16.4. The van der Waals surface area contributed by atoms with Crippen molar-refractivity contribution >= 4 is 11.9 Å². The van der Waals surface area contributed by atoms with Crippen LogP contribution in [0.25, 0.3) is 0 Å². The van der Waals surface area contributed by atoms with Gasteiger partial charge in [0, 0.05) is 31.2 Å². The van der Waals surface area contributed by atoms with Crippen molar-refractivity contribution in [2.75, 3.05) is 13.1 Å². The van der Waals surface area contributed by atoms with E-state index < -0.39 is 5.97 Å². The summed E-state index contributed by atoms with van der Waals surface area (Å²) in [5, 5.41) is 13.7. The van der Waals surface area contributed by atoms with Gasteiger partial charge in [0.05, 0.1) is 17.3 Å². The van der Waals surface area contributed by atoms with Gasteiger partial charge in [-0.3, -0.25) is 9.48 Å². The molecule has 1 fully saturated rings. The van der Waals surface area contributed by atoms with Crippen molar-refractivity contribution in [2.45, 2.75) is 39.2 Å². The molecular formula is C19H23N3O3. The van der Waals surface area contributed by atoms with Crippen molar-refractivity contribution in [3.05, 3.63) is 52.8 Å². The zero-order valence-corrected chi connectivity index (χ0v) is 14.6. The molecule has 0 saturated carbocycles. The van der Waals surface area contributed by atoms with Crippen LogP contribution in [0.3, 0.4) is 0 Å². The number of nitrogens with zero attached hydrogens (tertiary/aromatic N) is 3. The molecule has 1 aliphatic heterocycles. The molecule has 3 rings (SSSR count). The number of hydrogen-bond acceptors (Lipinski definition) is 3. The Bertz CT molecular complexity index is 797. The Balaban J connectivity index is 1.77. The second-order valence-electron chi connectivity index (χ2n) is 6.50. The van der Waals surface area contributed by atoms with Crippen molar-refractivity contribution in [1.29, 1.82) is 0 Å². The SMILES string of the molecule is CCCn1ncc(C(=O)N2CCC(c3ccccc3C(=O)O)C2)c1C. The van der Waals surface area contributed by atoms with E-state index in [-0.39, 0.29) is 11.8 Å². The Labute approximate surface area is 147 Å². The zero-order chi connectivity index (χ0) is 18.0. The lowest BCUT2D eigenvalue weighted by atomic mass is 9.93. The highest BCUT2D eigenvalue weighted by Crippen LogP contribution is 2.30. The van der Waals surface area contributed by atoms with Crippen LogP contribution in [0, 0.1) is 6.92 Å². The van der Waals surface area contributed by atoms with Crippen LogP contribution >= 0.6 is 0 Å². The quantitative estimate of drug-likeness (QED) is 0.907. The smallest absolute Gasteiger partial charge is 0.335 e. The molecule has 1 N–H and O–H groups in total. The molecule has 1 saturated heterocycles. The fraction of sp³-hybridized carbons (Fsp3) is 0.421. The van der Waals surface area contributed by atoms with E-state index in [1.807, 2.05) is 28.6 Å². The van der Waals surface area contributed by atoms with Crippen molar-refractivity contribution in [3.63, 3.8) is 0 Å². The zero-order valence-electron chi connectivity index (χ0n) is 14.6. The summed E-state index contributed by atoms with van der Waals surface area (Å²) in [5.41, 5.74) is 2.67. The lowest BCUT2D eigenvalue weighted by molar-refractivity contribution is 0.0695. The van der Waals surface area contributed by atoms with Gasteiger partial charge in [0.15, 0.2) is 0 Å². The normalized spacial score (nSPS) is 17.0. The summed E-state index contributed by atoms with van der Waals surface area (Å²) in [6, 6.07) is 7.06. The lowest BCUT2D eigenvalue weighted by Crippen LogP contribution is -2.29. The number of carboxylic acids is 1. The van der Waals surface area contributed by atoms with Crippen LogP contribution in [0.4, 0.5) is 0 Å². The van der Waals surface area contributed by atoms with Gasteiger partial charge in [-0.05, 0) is 31.4 Å². The molecule has 6 nitrogen and oxygen atoms in total. The van der Waals surface area contributed by atoms with E-state index >= 15 is 0 Å². The number of carbonyl (C=O) groups is 2. The fourth-order valence-electron chi connectivity index (χ4n) is 3.51. The van der Waals surface area contributed by atoms with Gasteiger partial charge in [-0.1, -0.05) is 25.1 Å². The van der Waals surface area contributed by atoms with Crippen molar-refractivity contribution in [1.82, 2.24) is 14.7 Å². The van der Waals surface area contributed by atoms with E-state index in [0.717, 1.165) is 30.6 Å². The average molecular weight is 341 g/mol. The van der Waals surface area contributed by atoms with E-state index in [1.54, 1.807) is 18.3 Å². The van der Waals surface area contributed by atoms with Crippen molar-refractivity contribution < 1.29 is 14.7 Å². The first-order valence-corrected chi connectivity index (χ1v) is 8.66. The van der Waals surface area contributed by atoms with Gasteiger partial charge in [0.1, 0.15) is 0 Å². The minimum atomic E-state index is -0.919. The standard InChI is InChI=1S/C19H23N3O3/c1-3-9-22-13(2)17(11-20-22)18(23)21-10-8-14(12-21)15-6-4-5-7-16(15)19(24)25/h4-7,11,14H,3,8-10,12H2,1-2H3,(H,24,25). The molecule has 1 aromatic heterocycles. The van der Waals surface area contributed by atoms with Crippen LogP contribution in [0.2, 0.25) is 0 Å². The first-order chi connectivity index (χ1) is 12.0. The number of carbonyl (C=O) groups excluding carboxylic acids is 1. The third-order valence-electron chi connectivity index (χ3n) is 4.88. The minimum absolute atomic E-state index is 0.0184. The third kappa shape index (κ3) is 3.29. The van der Waals surface area contributed by atoms with Crippen LogP contribution in [0.5, 0.6) is 0 Å². The summed E-state index contributed by atoms with van der Waals surface area (Å²) in [7, 11) is 0. The van der Waals surface area contributed by atoms with E-state index in [4.69, 9.17) is 0 Å². The van der Waals surface area contributed by atoms with E-state index in [2.05, 4.69) is 12.0 Å². The van der Waals surface area contributed by atoms with Crippen LogP contribution < -0.4 is 0 Å². The minimum Gasteiger partial charge on any atom is -0.478 e. The summed E-state index contributed by atoms with van der Waals surface area (Å²) in [6.07, 6.45) is 3.39. The molecular weight excluding hydrogens is 318 g/mol. The second-order valence-corrected chi connectivity index (χ2v) is 6.50. The summed E-state index contributed by atoms with van der Waals surface area (Å²) in [6.45, 7) is 5.97. The van der Waals surface area contributed by atoms with Gasteiger partial charge in [0.2, 0.25) is 0 Å². The van der Waals surface area contributed by atoms with Gasteiger partial charge in [0.25, 0.3) is 5.91 Å². The molecule has 25 heavy (non-hydrogen) atoms. The average Bonchev–Trinajstić information content (AvgIpc) is 3.23. The summed E-state index contributed by atoms with van der Waals surface area (Å²) in [5.74, 6) is -0.880. The summed E-state index contributed by atoms with van der Waals surface area (Å²) < 4.78 is 1.86. The number of benzene rings is 1. The van der Waals surface area contributed by atoms with Crippen molar-refractivity contribution in [3.8, 4) is 0 Å². The van der Waals surface area contributed by atoms with E-state index in [9.17, 15) is 14.7 Å². The maximum atomic E-state index is 12.8. The van der Waals surface area contributed by atoms with Crippen molar-refractivity contribution in [2.24, 2.45) is 0 Å². The maximum Gasteiger partial charge on any atom is 0.335 e. The Hall–Kier alpha value is -2.63. The first kappa shape index (κ1) is 17.2. The number of aryl methyl sites for hydroxylation is 1. The number of likely N-dealkylation sites (tertiary alicyclic amines) is 1. The monoisotopic (exact) mass is 341 g/mol. The topological polar surface area (TPSA) is 75.4 Å². The Morgan fingerprint density at radius 1 is 1.28 bits per heavy atom. The lowest BCUT2D eigenvalue weighted by Gasteiger charge is -2.17. The van der Waals surface area contributed by atoms with Gasteiger partial charge < -0.3 is 10.0 Å². The molecule has 0 radical (unpaired) electrons. The molecule has 6 heteroatoms. The second kappa shape index (κ2) is 7.09. The highest BCUT2D eigenvalue weighted by molar-refractivity contribution is 5.95. The molecule has 1 amide bonds. The Morgan fingerprint density at radius 3 is 2.76 bits per heavy atom. The Morgan fingerprint density at radius 2 is 2.04 bits per heavy atom. The molecule has 1 atom stereocenters. The number of carboxylic acid groups (broad SMARTS) is 1. The van der Waals surface area contributed by atoms with Crippen LogP contribution in [-0.2, 0) is 6.54 Å². The van der Waals surface area contributed by atoms with Gasteiger partial charge in [-0.25, -0.2) is 4.79 Å². The molecule has 2 aromatic rings. The predicted octanol–water partition coefficient (Wildman–Crippen LogP) is 2.93. The Kier molecular flexibility index (Phi) is 4.88. The number of rotatable bonds is 5. The maximum absolute atomic E-state index is 12.8.